The van der Waals surface area contributed by atoms with Gasteiger partial charge in [-0.05, 0) is 49.2 Å². The fraction of sp³-hybridized carbons (Fsp3) is 0.261. The van der Waals surface area contributed by atoms with Crippen molar-refractivity contribution in [2.75, 3.05) is 11.4 Å². The average Bonchev–Trinajstić information content (AvgIpc) is 3.50. The van der Waals surface area contributed by atoms with Crippen LogP contribution in [0.5, 0.6) is 0 Å². The molecule has 1 amide bonds. The number of fused-ring (bicyclic) bond motifs is 1. The van der Waals surface area contributed by atoms with Crippen molar-refractivity contribution in [3.8, 4) is 0 Å². The van der Waals surface area contributed by atoms with Crippen molar-refractivity contribution >= 4 is 65.6 Å². The van der Waals surface area contributed by atoms with Gasteiger partial charge in [0.2, 0.25) is 5.91 Å². The molecular formula is C23H20ClFN4O3S3. The number of amides is 1. The lowest BCUT2D eigenvalue weighted by atomic mass is 10.0. The summed E-state index contributed by atoms with van der Waals surface area (Å²) < 4.78 is 43.6. The van der Waals surface area contributed by atoms with Crippen molar-refractivity contribution in [3.05, 3.63) is 70.6 Å². The number of aromatic nitrogens is 2. The Morgan fingerprint density at radius 3 is 2.71 bits per heavy atom. The zero-order valence-electron chi connectivity index (χ0n) is 18.3. The second kappa shape index (κ2) is 9.90. The molecule has 12 heteroatoms. The quantitative estimate of drug-likeness (QED) is 0.324. The van der Waals surface area contributed by atoms with E-state index in [0.29, 0.717) is 39.1 Å². The van der Waals surface area contributed by atoms with Crippen LogP contribution < -0.4 is 4.90 Å². The van der Waals surface area contributed by atoms with Gasteiger partial charge in [-0.3, -0.25) is 14.7 Å². The molecule has 35 heavy (non-hydrogen) atoms. The Labute approximate surface area is 214 Å². The number of thiazole rings is 1. The van der Waals surface area contributed by atoms with Crippen LogP contribution in [0.3, 0.4) is 0 Å². The zero-order valence-corrected chi connectivity index (χ0v) is 21.5. The number of rotatable bonds is 6. The first-order valence-electron chi connectivity index (χ1n) is 10.9. The molecule has 1 aliphatic rings. The molecule has 0 N–H and O–H groups in total. The fourth-order valence-corrected chi connectivity index (χ4v) is 8.33. The van der Waals surface area contributed by atoms with E-state index in [1.54, 1.807) is 36.5 Å². The Morgan fingerprint density at radius 1 is 1.14 bits per heavy atom. The maximum Gasteiger partial charge on any atom is 0.253 e. The van der Waals surface area contributed by atoms with Gasteiger partial charge in [0, 0.05) is 12.7 Å². The summed E-state index contributed by atoms with van der Waals surface area (Å²) in [7, 11) is -3.93. The van der Waals surface area contributed by atoms with E-state index in [1.165, 1.54) is 38.7 Å². The highest BCUT2D eigenvalue weighted by Gasteiger charge is 2.41. The van der Waals surface area contributed by atoms with Crippen molar-refractivity contribution in [1.29, 1.82) is 0 Å². The second-order valence-corrected chi connectivity index (χ2v) is 12.9. The Morgan fingerprint density at radius 2 is 2.00 bits per heavy atom. The molecule has 5 rings (SSSR count). The van der Waals surface area contributed by atoms with Crippen LogP contribution in [-0.4, -0.2) is 41.2 Å². The van der Waals surface area contributed by atoms with Crippen molar-refractivity contribution in [3.63, 3.8) is 0 Å². The smallest absolute Gasteiger partial charge is 0.253 e. The molecule has 1 unspecified atom stereocenters. The summed E-state index contributed by atoms with van der Waals surface area (Å²) >= 11 is 8.14. The topological polar surface area (TPSA) is 83.5 Å². The van der Waals surface area contributed by atoms with Crippen LogP contribution in [0.1, 0.15) is 25.0 Å². The minimum absolute atomic E-state index is 0.0797. The van der Waals surface area contributed by atoms with E-state index in [0.717, 1.165) is 11.3 Å². The predicted molar refractivity (Wildman–Crippen MR) is 136 cm³/mol. The first-order chi connectivity index (χ1) is 16.8. The van der Waals surface area contributed by atoms with Crippen LogP contribution in [0.2, 0.25) is 4.34 Å². The molecule has 7 nitrogen and oxygen atoms in total. The average molecular weight is 551 g/mol. The summed E-state index contributed by atoms with van der Waals surface area (Å²) in [6.07, 6.45) is 3.34. The highest BCUT2D eigenvalue weighted by molar-refractivity contribution is 7.91. The molecule has 1 aliphatic heterocycles. The van der Waals surface area contributed by atoms with Crippen molar-refractivity contribution in [2.45, 2.75) is 36.1 Å². The Hall–Kier alpha value is -2.44. The highest BCUT2D eigenvalue weighted by Crippen LogP contribution is 2.35. The predicted octanol–water partition coefficient (Wildman–Crippen LogP) is 5.32. The molecule has 3 aromatic heterocycles. The molecule has 0 bridgehead atoms. The molecule has 1 saturated heterocycles. The van der Waals surface area contributed by atoms with Gasteiger partial charge in [-0.1, -0.05) is 41.5 Å². The molecule has 182 valence electrons. The van der Waals surface area contributed by atoms with Gasteiger partial charge < -0.3 is 0 Å². The number of halogens is 2. The normalized spacial score (nSPS) is 17.0. The van der Waals surface area contributed by atoms with E-state index >= 15 is 0 Å². The minimum atomic E-state index is -3.93. The number of thiophene rings is 1. The number of anilines is 1. The number of hydrogen-bond acceptors (Lipinski definition) is 7. The monoisotopic (exact) mass is 550 g/mol. The molecule has 1 atom stereocenters. The van der Waals surface area contributed by atoms with Gasteiger partial charge in [-0.2, -0.15) is 4.31 Å². The van der Waals surface area contributed by atoms with Gasteiger partial charge in [0.15, 0.2) is 5.13 Å². The number of hydrogen-bond donors (Lipinski definition) is 0. The van der Waals surface area contributed by atoms with Crippen LogP contribution in [-0.2, 0) is 21.4 Å². The van der Waals surface area contributed by atoms with Crippen LogP contribution in [0.25, 0.3) is 10.2 Å². The number of carbonyl (C=O) groups is 1. The van der Waals surface area contributed by atoms with Gasteiger partial charge in [-0.15, -0.1) is 11.3 Å². The van der Waals surface area contributed by atoms with Crippen molar-refractivity contribution in [1.82, 2.24) is 14.3 Å². The zero-order chi connectivity index (χ0) is 24.6. The molecule has 1 fully saturated rings. The first-order valence-corrected chi connectivity index (χ1v) is 14.3. The Bertz CT molecular complexity index is 1480. The van der Waals surface area contributed by atoms with Gasteiger partial charge in [0.05, 0.1) is 21.3 Å². The highest BCUT2D eigenvalue weighted by atomic mass is 35.5. The summed E-state index contributed by atoms with van der Waals surface area (Å²) in [5.74, 6) is -0.896. The third kappa shape index (κ3) is 4.83. The summed E-state index contributed by atoms with van der Waals surface area (Å²) in [5.41, 5.74) is 0.781. The Kier molecular flexibility index (Phi) is 6.86. The maximum absolute atomic E-state index is 14.4. The third-order valence-corrected chi connectivity index (χ3v) is 10.4. The lowest BCUT2D eigenvalue weighted by Gasteiger charge is -2.35. The number of para-hydroxylation sites is 1. The van der Waals surface area contributed by atoms with Crippen LogP contribution in [0.4, 0.5) is 9.52 Å². The summed E-state index contributed by atoms with van der Waals surface area (Å²) in [6.45, 7) is 0.302. The van der Waals surface area contributed by atoms with Gasteiger partial charge in [0.25, 0.3) is 10.0 Å². The largest absolute Gasteiger partial charge is 0.281 e. The van der Waals surface area contributed by atoms with E-state index in [1.807, 2.05) is 0 Å². The summed E-state index contributed by atoms with van der Waals surface area (Å²) in [6, 6.07) is 12.1. The maximum atomic E-state index is 14.4. The molecule has 4 heterocycles. The molecule has 4 aromatic rings. The molecule has 0 saturated carbocycles. The molecular weight excluding hydrogens is 531 g/mol. The minimum Gasteiger partial charge on any atom is -0.281 e. The number of piperidine rings is 1. The van der Waals surface area contributed by atoms with E-state index in [4.69, 9.17) is 11.6 Å². The fourth-order valence-electron chi connectivity index (χ4n) is 4.08. The second-order valence-electron chi connectivity index (χ2n) is 8.01. The number of carbonyl (C=O) groups excluding carboxylic acids is 1. The molecule has 0 radical (unpaired) electrons. The number of sulfonamides is 1. The van der Waals surface area contributed by atoms with E-state index in [2.05, 4.69) is 9.97 Å². The third-order valence-electron chi connectivity index (χ3n) is 5.75. The van der Waals surface area contributed by atoms with Crippen molar-refractivity contribution in [2.24, 2.45) is 0 Å². The number of pyridine rings is 1. The van der Waals surface area contributed by atoms with E-state index in [9.17, 15) is 17.6 Å². The molecule has 0 spiro atoms. The van der Waals surface area contributed by atoms with Crippen LogP contribution in [0.15, 0.2) is 58.9 Å². The van der Waals surface area contributed by atoms with Gasteiger partial charge in [0.1, 0.15) is 21.6 Å². The summed E-state index contributed by atoms with van der Waals surface area (Å²) in [5, 5.41) is 0.294. The molecule has 1 aromatic carbocycles. The number of nitrogens with zero attached hydrogens (tertiary/aromatic N) is 4. The van der Waals surface area contributed by atoms with Crippen LogP contribution >= 0.6 is 34.3 Å². The summed E-state index contributed by atoms with van der Waals surface area (Å²) in [4.78, 5) is 24.2. The Balaban J connectivity index is 1.55. The van der Waals surface area contributed by atoms with Crippen molar-refractivity contribution < 1.29 is 17.6 Å². The lowest BCUT2D eigenvalue weighted by molar-refractivity contribution is -0.123. The lowest BCUT2D eigenvalue weighted by Crippen LogP contribution is -2.52. The SMILES string of the molecule is O=C(C1CCCCN1S(=O)(=O)c1ccc(Cl)s1)N(Cc1ccccn1)c1nc2c(F)cccc2s1. The standard InChI is InChI=1S/C23H20ClFN4O3S3/c24-19-10-11-20(34-19)35(31,32)29-13-4-2-8-17(29)22(30)28(14-15-6-1-3-12-26-15)23-27-21-16(25)7-5-9-18(21)33-23/h1,3,5-7,9-12,17H,2,4,8,13-14H2. The van der Waals surface area contributed by atoms with Crippen LogP contribution in [0, 0.1) is 5.82 Å². The first kappa shape index (κ1) is 24.3. The molecule has 0 aliphatic carbocycles. The van der Waals surface area contributed by atoms with Gasteiger partial charge in [-0.25, -0.2) is 17.8 Å². The van der Waals surface area contributed by atoms with E-state index < -0.39 is 27.8 Å². The number of benzene rings is 1. The van der Waals surface area contributed by atoms with E-state index in [-0.39, 0.29) is 22.8 Å². The van der Waals surface area contributed by atoms with Gasteiger partial charge >= 0.3 is 0 Å².